The molecule has 0 aromatic rings. The highest BCUT2D eigenvalue weighted by Gasteiger charge is 2.19. The average molecular weight is 1040 g/mol. The lowest BCUT2D eigenvalue weighted by Gasteiger charge is -2.18. The minimum Gasteiger partial charge on any atom is -0.462 e. The lowest BCUT2D eigenvalue weighted by molar-refractivity contribution is -0.167. The number of esters is 3. The van der Waals surface area contributed by atoms with Crippen LogP contribution in [0.5, 0.6) is 0 Å². The quantitative estimate of drug-likeness (QED) is 0.0261. The maximum Gasteiger partial charge on any atom is 0.306 e. The fourth-order valence-electron chi connectivity index (χ4n) is 9.73. The Balaban J connectivity index is 4.07. The van der Waals surface area contributed by atoms with Crippen LogP contribution in [0, 0.1) is 0 Å². The Hall–Kier alpha value is -2.63. The Labute approximate surface area is 460 Å². The predicted molar refractivity (Wildman–Crippen MR) is 321 cm³/mol. The second kappa shape index (κ2) is 62.9. The fourth-order valence-corrected chi connectivity index (χ4v) is 9.73. The number of hydrogen-bond donors (Lipinski definition) is 0. The molecule has 74 heavy (non-hydrogen) atoms. The highest BCUT2D eigenvalue weighted by molar-refractivity contribution is 5.71. The van der Waals surface area contributed by atoms with Gasteiger partial charge in [0.2, 0.25) is 0 Å². The van der Waals surface area contributed by atoms with E-state index in [1.807, 2.05) is 0 Å². The molecule has 0 aromatic heterocycles. The van der Waals surface area contributed by atoms with Crippen LogP contribution >= 0.6 is 0 Å². The molecule has 0 aromatic carbocycles. The zero-order valence-corrected chi connectivity index (χ0v) is 49.6. The maximum absolute atomic E-state index is 12.9. The summed E-state index contributed by atoms with van der Waals surface area (Å²) in [6, 6.07) is 0. The molecule has 0 radical (unpaired) electrons. The Morgan fingerprint density at radius 1 is 0.284 bits per heavy atom. The summed E-state index contributed by atoms with van der Waals surface area (Å²) in [4.78, 5) is 38.1. The van der Waals surface area contributed by atoms with Crippen LogP contribution in [-0.2, 0) is 28.6 Å². The molecule has 0 saturated carbocycles. The van der Waals surface area contributed by atoms with Crippen molar-refractivity contribution >= 4 is 17.9 Å². The molecule has 0 N–H and O–H groups in total. The first-order valence-corrected chi connectivity index (χ1v) is 32.6. The van der Waals surface area contributed by atoms with Crippen LogP contribution in [0.3, 0.4) is 0 Å². The summed E-state index contributed by atoms with van der Waals surface area (Å²) in [6.45, 7) is 6.54. The second-order valence-electron chi connectivity index (χ2n) is 22.0. The van der Waals surface area contributed by atoms with Gasteiger partial charge in [-0.25, -0.2) is 0 Å². The summed E-state index contributed by atoms with van der Waals surface area (Å²) in [7, 11) is 0. The monoisotopic (exact) mass is 1040 g/mol. The highest BCUT2D eigenvalue weighted by atomic mass is 16.6. The number of unbranched alkanes of at least 4 members (excludes halogenated alkanes) is 41. The Bertz CT molecular complexity index is 1280. The van der Waals surface area contributed by atoms with Crippen molar-refractivity contribution in [1.82, 2.24) is 0 Å². The van der Waals surface area contributed by atoms with E-state index in [0.29, 0.717) is 19.3 Å². The van der Waals surface area contributed by atoms with Crippen molar-refractivity contribution in [2.45, 2.75) is 354 Å². The van der Waals surface area contributed by atoms with Crippen LogP contribution in [0.15, 0.2) is 48.6 Å². The van der Waals surface area contributed by atoms with Crippen LogP contribution in [0.2, 0.25) is 0 Å². The van der Waals surface area contributed by atoms with E-state index < -0.39 is 6.10 Å². The molecule has 432 valence electrons. The van der Waals surface area contributed by atoms with E-state index in [9.17, 15) is 14.4 Å². The predicted octanol–water partition coefficient (Wildman–Crippen LogP) is 22.2. The van der Waals surface area contributed by atoms with Crippen molar-refractivity contribution in [3.63, 3.8) is 0 Å². The minimum absolute atomic E-state index is 0.0680. The van der Waals surface area contributed by atoms with Crippen molar-refractivity contribution in [2.75, 3.05) is 13.2 Å². The zero-order valence-electron chi connectivity index (χ0n) is 49.6. The van der Waals surface area contributed by atoms with Crippen molar-refractivity contribution in [2.24, 2.45) is 0 Å². The smallest absolute Gasteiger partial charge is 0.306 e. The number of hydrogen-bond acceptors (Lipinski definition) is 6. The van der Waals surface area contributed by atoms with E-state index in [-0.39, 0.29) is 31.1 Å². The summed E-state index contributed by atoms with van der Waals surface area (Å²) in [5.74, 6) is -0.853. The highest BCUT2D eigenvalue weighted by Crippen LogP contribution is 2.18. The van der Waals surface area contributed by atoms with Gasteiger partial charge in [0, 0.05) is 19.3 Å². The minimum atomic E-state index is -0.767. The van der Waals surface area contributed by atoms with E-state index in [4.69, 9.17) is 14.2 Å². The number of carbonyl (C=O) groups is 3. The third kappa shape index (κ3) is 60.2. The summed E-state index contributed by atoms with van der Waals surface area (Å²) in [5, 5.41) is 0. The fraction of sp³-hybridized carbons (Fsp3) is 0.838. The van der Waals surface area contributed by atoms with E-state index in [0.717, 1.165) is 83.5 Å². The molecule has 1 unspecified atom stereocenters. The van der Waals surface area contributed by atoms with Gasteiger partial charge in [0.25, 0.3) is 0 Å². The van der Waals surface area contributed by atoms with E-state index in [2.05, 4.69) is 69.4 Å². The number of ether oxygens (including phenoxy) is 3. The lowest BCUT2D eigenvalue weighted by Crippen LogP contribution is -2.30. The third-order valence-corrected chi connectivity index (χ3v) is 14.6. The number of rotatable bonds is 60. The van der Waals surface area contributed by atoms with Gasteiger partial charge in [-0.1, -0.05) is 320 Å². The molecule has 6 nitrogen and oxygen atoms in total. The first-order chi connectivity index (χ1) is 36.5. The molecule has 0 heterocycles. The second-order valence-corrected chi connectivity index (χ2v) is 22.0. The normalized spacial score (nSPS) is 12.3. The van der Waals surface area contributed by atoms with Gasteiger partial charge in [0.15, 0.2) is 6.10 Å². The van der Waals surface area contributed by atoms with E-state index >= 15 is 0 Å². The van der Waals surface area contributed by atoms with Gasteiger partial charge < -0.3 is 14.2 Å². The summed E-state index contributed by atoms with van der Waals surface area (Å²) in [5.41, 5.74) is 0. The Kier molecular flexibility index (Phi) is 60.7. The van der Waals surface area contributed by atoms with Crippen molar-refractivity contribution < 1.29 is 28.6 Å². The molecule has 6 heteroatoms. The zero-order chi connectivity index (χ0) is 53.6. The van der Waals surface area contributed by atoms with Crippen LogP contribution < -0.4 is 0 Å². The van der Waals surface area contributed by atoms with Crippen LogP contribution in [0.1, 0.15) is 348 Å². The molecule has 1 atom stereocenters. The SMILES string of the molecule is CC/C=C\C/C=C\C/C=C\C/C=C\CCCCCCCCCCCCCCCCC(=O)OCC(COC(=O)CCCCCCCCC)OC(=O)CCCCCCCCCCCCCCCCCCCCCCCC. The van der Waals surface area contributed by atoms with Gasteiger partial charge in [-0.2, -0.15) is 0 Å². The third-order valence-electron chi connectivity index (χ3n) is 14.6. The van der Waals surface area contributed by atoms with Gasteiger partial charge in [0.05, 0.1) is 0 Å². The molecule has 0 aliphatic carbocycles. The van der Waals surface area contributed by atoms with Crippen LogP contribution in [-0.4, -0.2) is 37.2 Å². The maximum atomic E-state index is 12.9. The molecule has 0 aliphatic heterocycles. The molecule has 0 aliphatic rings. The first kappa shape index (κ1) is 71.4. The summed E-state index contributed by atoms with van der Waals surface area (Å²) in [6.07, 6.45) is 78.7. The summed E-state index contributed by atoms with van der Waals surface area (Å²) >= 11 is 0. The van der Waals surface area contributed by atoms with Crippen molar-refractivity contribution in [3.8, 4) is 0 Å². The Morgan fingerprint density at radius 2 is 0.527 bits per heavy atom. The first-order valence-electron chi connectivity index (χ1n) is 32.6. The molecule has 0 amide bonds. The van der Waals surface area contributed by atoms with Crippen LogP contribution in [0.4, 0.5) is 0 Å². The van der Waals surface area contributed by atoms with Crippen molar-refractivity contribution in [3.05, 3.63) is 48.6 Å². The van der Waals surface area contributed by atoms with E-state index in [1.165, 1.54) is 225 Å². The lowest BCUT2D eigenvalue weighted by atomic mass is 10.0. The standard InChI is InChI=1S/C68H124O6/c1-4-7-10-13-16-18-20-22-24-26-28-30-32-33-34-35-36-38-39-41-43-45-47-49-52-55-58-61-67(70)73-64-65(63-72-66(69)60-57-54-51-15-12-9-6-3)74-68(71)62-59-56-53-50-48-46-44-42-40-37-31-29-27-25-23-21-19-17-14-11-8-5-2/h7,10,16,18,22,24,28,30,65H,4-6,8-9,11-15,17,19-21,23,25-27,29,31-64H2,1-3H3/b10-7-,18-16-,24-22-,30-28-. The Morgan fingerprint density at radius 3 is 0.824 bits per heavy atom. The van der Waals surface area contributed by atoms with Gasteiger partial charge in [-0.05, 0) is 57.8 Å². The molecular weight excluding hydrogens is 913 g/mol. The average Bonchev–Trinajstić information content (AvgIpc) is 3.40. The van der Waals surface area contributed by atoms with Gasteiger partial charge in [0.1, 0.15) is 13.2 Å². The number of allylic oxidation sites excluding steroid dienone is 8. The molecule has 0 spiro atoms. The molecular formula is C68H124O6. The van der Waals surface area contributed by atoms with Crippen LogP contribution in [0.25, 0.3) is 0 Å². The molecule has 0 saturated heterocycles. The molecule has 0 bridgehead atoms. The van der Waals surface area contributed by atoms with E-state index in [1.54, 1.807) is 0 Å². The molecule has 0 rings (SSSR count). The topological polar surface area (TPSA) is 78.9 Å². The number of carbonyl (C=O) groups excluding carboxylic acids is 3. The summed E-state index contributed by atoms with van der Waals surface area (Å²) < 4.78 is 16.9. The van der Waals surface area contributed by atoms with Gasteiger partial charge >= 0.3 is 17.9 Å². The molecule has 0 fully saturated rings. The largest absolute Gasteiger partial charge is 0.462 e. The van der Waals surface area contributed by atoms with Gasteiger partial charge in [-0.3, -0.25) is 14.4 Å². The van der Waals surface area contributed by atoms with Gasteiger partial charge in [-0.15, -0.1) is 0 Å². The van der Waals surface area contributed by atoms with Crippen molar-refractivity contribution in [1.29, 1.82) is 0 Å².